The lowest BCUT2D eigenvalue weighted by Gasteiger charge is -2.40. The van der Waals surface area contributed by atoms with Gasteiger partial charge in [0.1, 0.15) is 5.82 Å². The quantitative estimate of drug-likeness (QED) is 0.401. The van der Waals surface area contributed by atoms with Crippen molar-refractivity contribution in [3.63, 3.8) is 0 Å². The number of aromatic nitrogens is 2. The fourth-order valence-electron chi connectivity index (χ4n) is 5.19. The van der Waals surface area contributed by atoms with Gasteiger partial charge in [-0.3, -0.25) is 0 Å². The maximum atomic E-state index is 13.7. The standard InChI is InChI=1S/C27H25F4N5O2/c28-23-6-2-4-19(13-23)24-33-25(38-34-24)21-11-20(18-3-1-5-22(12-18)27(29,30)31)15-36(16-21)26(37)35-9-7-17(14-32)8-10-35/h1-6,12-13,17,20-21H,7-11,15-16H2. The van der Waals surface area contributed by atoms with Crippen molar-refractivity contribution in [2.24, 2.45) is 5.92 Å². The van der Waals surface area contributed by atoms with Gasteiger partial charge in [-0.15, -0.1) is 0 Å². The molecule has 2 amide bonds. The van der Waals surface area contributed by atoms with E-state index in [0.29, 0.717) is 43.5 Å². The summed E-state index contributed by atoms with van der Waals surface area (Å²) in [7, 11) is 0. The first-order chi connectivity index (χ1) is 18.2. The number of amides is 2. The molecule has 2 atom stereocenters. The van der Waals surface area contributed by atoms with Crippen LogP contribution in [0.3, 0.4) is 0 Å². The van der Waals surface area contributed by atoms with Crippen LogP contribution in [0.1, 0.15) is 48.1 Å². The predicted octanol–water partition coefficient (Wildman–Crippen LogP) is 5.82. The summed E-state index contributed by atoms with van der Waals surface area (Å²) in [5.74, 6) is -0.947. The number of carbonyl (C=O) groups is 1. The Morgan fingerprint density at radius 2 is 1.76 bits per heavy atom. The average Bonchev–Trinajstić information content (AvgIpc) is 3.43. The van der Waals surface area contributed by atoms with Gasteiger partial charge < -0.3 is 14.3 Å². The highest BCUT2D eigenvalue weighted by molar-refractivity contribution is 5.75. The van der Waals surface area contributed by atoms with Crippen LogP contribution >= 0.6 is 0 Å². The number of nitriles is 1. The number of carbonyl (C=O) groups excluding carboxylic acids is 1. The monoisotopic (exact) mass is 527 g/mol. The summed E-state index contributed by atoms with van der Waals surface area (Å²) in [5, 5.41) is 13.2. The molecular weight excluding hydrogens is 502 g/mol. The van der Waals surface area contributed by atoms with E-state index in [4.69, 9.17) is 4.52 Å². The van der Waals surface area contributed by atoms with Crippen molar-refractivity contribution in [2.75, 3.05) is 26.2 Å². The number of nitrogens with zero attached hydrogens (tertiary/aromatic N) is 5. The van der Waals surface area contributed by atoms with E-state index in [1.54, 1.807) is 21.9 Å². The molecule has 5 rings (SSSR count). The van der Waals surface area contributed by atoms with Crippen molar-refractivity contribution in [3.05, 3.63) is 71.4 Å². The van der Waals surface area contributed by atoms with E-state index in [1.807, 2.05) is 0 Å². The van der Waals surface area contributed by atoms with Gasteiger partial charge in [0, 0.05) is 43.6 Å². The highest BCUT2D eigenvalue weighted by Crippen LogP contribution is 2.38. The van der Waals surface area contributed by atoms with Gasteiger partial charge in [0.05, 0.1) is 17.6 Å². The normalized spacial score (nSPS) is 20.8. The fraction of sp³-hybridized carbons (Fsp3) is 0.407. The molecule has 1 aromatic heterocycles. The van der Waals surface area contributed by atoms with Crippen molar-refractivity contribution < 1.29 is 26.9 Å². The average molecular weight is 528 g/mol. The lowest BCUT2D eigenvalue weighted by molar-refractivity contribution is -0.137. The molecule has 2 fully saturated rings. The van der Waals surface area contributed by atoms with Gasteiger partial charge in [-0.05, 0) is 43.0 Å². The minimum atomic E-state index is -4.49. The van der Waals surface area contributed by atoms with Crippen molar-refractivity contribution >= 4 is 6.03 Å². The first-order valence-corrected chi connectivity index (χ1v) is 12.4. The Morgan fingerprint density at radius 1 is 1.03 bits per heavy atom. The second-order valence-corrected chi connectivity index (χ2v) is 9.80. The lowest BCUT2D eigenvalue weighted by Crippen LogP contribution is -2.51. The molecule has 0 radical (unpaired) electrons. The number of rotatable bonds is 3. The van der Waals surface area contributed by atoms with E-state index in [2.05, 4.69) is 16.2 Å². The maximum absolute atomic E-state index is 13.7. The molecule has 3 aromatic rings. The maximum Gasteiger partial charge on any atom is 0.416 e. The van der Waals surface area contributed by atoms with Gasteiger partial charge in [-0.2, -0.15) is 23.4 Å². The SMILES string of the molecule is N#CC1CCN(C(=O)N2CC(c3cccc(C(F)(F)F)c3)CC(c3nc(-c4cccc(F)c4)no3)C2)CC1. The van der Waals surface area contributed by atoms with E-state index in [1.165, 1.54) is 24.3 Å². The van der Waals surface area contributed by atoms with E-state index in [9.17, 15) is 27.6 Å². The molecule has 0 N–H and O–H groups in total. The molecule has 0 saturated carbocycles. The topological polar surface area (TPSA) is 86.3 Å². The number of hydrogen-bond acceptors (Lipinski definition) is 5. The van der Waals surface area contributed by atoms with Gasteiger partial charge in [-0.1, -0.05) is 35.5 Å². The summed E-state index contributed by atoms with van der Waals surface area (Å²) in [6.07, 6.45) is -2.93. The van der Waals surface area contributed by atoms with Crippen molar-refractivity contribution in [1.29, 1.82) is 5.26 Å². The minimum absolute atomic E-state index is 0.0920. The molecule has 0 bridgehead atoms. The zero-order valence-electron chi connectivity index (χ0n) is 20.4. The molecule has 7 nitrogen and oxygen atoms in total. The van der Waals surface area contributed by atoms with Crippen LogP contribution in [0.5, 0.6) is 0 Å². The zero-order valence-corrected chi connectivity index (χ0v) is 20.4. The molecular formula is C27H25F4N5O2. The molecule has 2 aliphatic rings. The summed E-state index contributed by atoms with van der Waals surface area (Å²) in [6.45, 7) is 1.37. The largest absolute Gasteiger partial charge is 0.416 e. The molecule has 38 heavy (non-hydrogen) atoms. The van der Waals surface area contributed by atoms with Crippen LogP contribution in [-0.2, 0) is 6.18 Å². The lowest BCUT2D eigenvalue weighted by atomic mass is 9.84. The van der Waals surface area contributed by atoms with Crippen LogP contribution in [-0.4, -0.2) is 52.2 Å². The van der Waals surface area contributed by atoms with Crippen LogP contribution in [0.25, 0.3) is 11.4 Å². The molecule has 0 spiro atoms. The molecule has 11 heteroatoms. The van der Waals surface area contributed by atoms with Gasteiger partial charge in [0.25, 0.3) is 0 Å². The van der Waals surface area contributed by atoms with Crippen LogP contribution in [0.2, 0.25) is 0 Å². The third kappa shape index (κ3) is 5.49. The number of urea groups is 1. The Hall–Kier alpha value is -3.94. The second kappa shape index (κ2) is 10.4. The minimum Gasteiger partial charge on any atom is -0.339 e. The Morgan fingerprint density at radius 3 is 2.47 bits per heavy atom. The first-order valence-electron chi connectivity index (χ1n) is 12.4. The van der Waals surface area contributed by atoms with E-state index < -0.39 is 29.4 Å². The van der Waals surface area contributed by atoms with E-state index in [-0.39, 0.29) is 36.8 Å². The van der Waals surface area contributed by atoms with Crippen molar-refractivity contribution in [3.8, 4) is 17.5 Å². The van der Waals surface area contributed by atoms with E-state index in [0.717, 1.165) is 12.1 Å². The summed E-state index contributed by atoms with van der Waals surface area (Å²) in [4.78, 5) is 21.2. The highest BCUT2D eigenvalue weighted by atomic mass is 19.4. The van der Waals surface area contributed by atoms with Crippen LogP contribution in [0, 0.1) is 23.1 Å². The third-order valence-electron chi connectivity index (χ3n) is 7.23. The van der Waals surface area contributed by atoms with Crippen LogP contribution in [0.15, 0.2) is 53.1 Å². The van der Waals surface area contributed by atoms with Gasteiger partial charge in [0.2, 0.25) is 11.7 Å². The molecule has 0 aliphatic carbocycles. The van der Waals surface area contributed by atoms with Gasteiger partial charge >= 0.3 is 12.2 Å². The summed E-state index contributed by atoms with van der Waals surface area (Å²) < 4.78 is 59.5. The zero-order chi connectivity index (χ0) is 26.9. The van der Waals surface area contributed by atoms with Gasteiger partial charge in [0.15, 0.2) is 0 Å². The molecule has 3 heterocycles. The van der Waals surface area contributed by atoms with E-state index >= 15 is 0 Å². The number of hydrogen-bond donors (Lipinski definition) is 0. The molecule has 2 aromatic carbocycles. The number of benzene rings is 2. The molecule has 198 valence electrons. The Kier molecular flexibility index (Phi) is 7.06. The summed E-state index contributed by atoms with van der Waals surface area (Å²) in [6, 6.07) is 12.9. The Balaban J connectivity index is 1.43. The molecule has 2 saturated heterocycles. The van der Waals surface area contributed by atoms with Crippen LogP contribution in [0.4, 0.5) is 22.4 Å². The predicted molar refractivity (Wildman–Crippen MR) is 128 cm³/mol. The third-order valence-corrected chi connectivity index (χ3v) is 7.23. The van der Waals surface area contributed by atoms with Gasteiger partial charge in [-0.25, -0.2) is 9.18 Å². The summed E-state index contributed by atoms with van der Waals surface area (Å²) >= 11 is 0. The number of halogens is 4. The highest BCUT2D eigenvalue weighted by Gasteiger charge is 2.38. The number of alkyl halides is 3. The molecule has 2 unspecified atom stereocenters. The van der Waals surface area contributed by atoms with Crippen LogP contribution < -0.4 is 0 Å². The number of likely N-dealkylation sites (tertiary alicyclic amines) is 2. The number of piperidine rings is 2. The molecule has 2 aliphatic heterocycles. The van der Waals surface area contributed by atoms with Crippen molar-refractivity contribution in [1.82, 2.24) is 19.9 Å². The first kappa shape index (κ1) is 25.7. The Bertz CT molecular complexity index is 1340. The second-order valence-electron chi connectivity index (χ2n) is 9.80. The smallest absolute Gasteiger partial charge is 0.339 e. The summed E-state index contributed by atoms with van der Waals surface area (Å²) in [5.41, 5.74) is 0.147. The fourth-order valence-corrected chi connectivity index (χ4v) is 5.19. The Labute approximate surface area is 216 Å². The van der Waals surface area contributed by atoms with Crippen molar-refractivity contribution in [2.45, 2.75) is 37.3 Å².